The van der Waals surface area contributed by atoms with Crippen molar-refractivity contribution >= 4 is 6.09 Å². The van der Waals surface area contributed by atoms with Crippen molar-refractivity contribution in [2.75, 3.05) is 6.54 Å². The Labute approximate surface area is 127 Å². The van der Waals surface area contributed by atoms with Crippen LogP contribution in [-0.2, 0) is 11.2 Å². The van der Waals surface area contributed by atoms with Crippen molar-refractivity contribution in [2.24, 2.45) is 5.92 Å². The molecule has 0 aromatic carbocycles. The van der Waals surface area contributed by atoms with E-state index in [1.54, 1.807) is 0 Å². The summed E-state index contributed by atoms with van der Waals surface area (Å²) in [4.78, 5) is 15.9. The van der Waals surface area contributed by atoms with Crippen molar-refractivity contribution in [2.45, 2.75) is 65.0 Å². The number of aromatic nitrogens is 2. The first-order valence-corrected chi connectivity index (χ1v) is 7.84. The summed E-state index contributed by atoms with van der Waals surface area (Å²) in [5.41, 5.74) is 0.718. The molecule has 21 heavy (non-hydrogen) atoms. The molecule has 0 bridgehead atoms. The Hall–Kier alpha value is -1.52. The summed E-state index contributed by atoms with van der Waals surface area (Å²) < 4.78 is 7.48. The number of hydrogen-bond donors (Lipinski definition) is 1. The molecule has 1 unspecified atom stereocenters. The first-order valence-electron chi connectivity index (χ1n) is 7.84. The SMILES string of the molecule is CC(C1CCC1)n1cncc1CCNC(=O)OC(C)(C)C. The van der Waals surface area contributed by atoms with Crippen LogP contribution in [0.1, 0.15) is 58.7 Å². The van der Waals surface area contributed by atoms with E-state index in [-0.39, 0.29) is 6.09 Å². The predicted molar refractivity (Wildman–Crippen MR) is 82.2 cm³/mol. The smallest absolute Gasteiger partial charge is 0.407 e. The predicted octanol–water partition coefficient (Wildman–Crippen LogP) is 3.31. The molecule has 118 valence electrons. The molecule has 5 heteroatoms. The topological polar surface area (TPSA) is 56.2 Å². The minimum absolute atomic E-state index is 0.361. The Bertz CT molecular complexity index is 472. The van der Waals surface area contributed by atoms with Gasteiger partial charge in [0, 0.05) is 30.9 Å². The van der Waals surface area contributed by atoms with Crippen molar-refractivity contribution in [3.8, 4) is 0 Å². The zero-order valence-electron chi connectivity index (χ0n) is 13.6. The summed E-state index contributed by atoms with van der Waals surface area (Å²) in [7, 11) is 0. The first kappa shape index (κ1) is 15.9. The van der Waals surface area contributed by atoms with Crippen molar-refractivity contribution in [3.63, 3.8) is 0 Å². The second-order valence-electron chi connectivity index (χ2n) is 6.90. The molecule has 0 saturated heterocycles. The van der Waals surface area contributed by atoms with Crippen molar-refractivity contribution in [3.05, 3.63) is 18.2 Å². The molecule has 0 aliphatic heterocycles. The molecule has 1 heterocycles. The highest BCUT2D eigenvalue weighted by Gasteiger charge is 2.26. The molecular weight excluding hydrogens is 266 g/mol. The quantitative estimate of drug-likeness (QED) is 0.906. The van der Waals surface area contributed by atoms with E-state index < -0.39 is 5.60 Å². The third-order valence-electron chi connectivity index (χ3n) is 4.07. The molecule has 1 amide bonds. The fourth-order valence-electron chi connectivity index (χ4n) is 2.65. The molecule has 5 nitrogen and oxygen atoms in total. The van der Waals surface area contributed by atoms with Gasteiger partial charge in [0.25, 0.3) is 0 Å². The Kier molecular flexibility index (Phi) is 4.91. The van der Waals surface area contributed by atoms with Crippen LogP contribution >= 0.6 is 0 Å². The number of hydrogen-bond acceptors (Lipinski definition) is 3. The molecule has 1 fully saturated rings. The zero-order chi connectivity index (χ0) is 15.5. The van der Waals surface area contributed by atoms with Crippen LogP contribution < -0.4 is 5.32 Å². The van der Waals surface area contributed by atoms with Crippen LogP contribution in [0.15, 0.2) is 12.5 Å². The number of nitrogens with one attached hydrogen (secondary N) is 1. The van der Waals surface area contributed by atoms with E-state index in [1.165, 1.54) is 25.0 Å². The minimum atomic E-state index is -0.454. The van der Waals surface area contributed by atoms with Crippen molar-refractivity contribution in [1.82, 2.24) is 14.9 Å². The lowest BCUT2D eigenvalue weighted by Crippen LogP contribution is -2.34. The van der Waals surface area contributed by atoms with Gasteiger partial charge in [-0.2, -0.15) is 0 Å². The van der Waals surface area contributed by atoms with E-state index in [1.807, 2.05) is 33.3 Å². The summed E-state index contributed by atoms with van der Waals surface area (Å²) >= 11 is 0. The van der Waals surface area contributed by atoms with E-state index in [9.17, 15) is 4.79 Å². The maximum atomic E-state index is 11.6. The summed E-state index contributed by atoms with van der Waals surface area (Å²) in [6, 6.07) is 0.498. The van der Waals surface area contributed by atoms with Crippen LogP contribution in [0, 0.1) is 5.92 Å². The standard InChI is InChI=1S/C16H27N3O2/c1-12(13-6-5-7-13)19-11-17-10-14(19)8-9-18-15(20)21-16(2,3)4/h10-13H,5-9H2,1-4H3,(H,18,20). The molecule has 1 aromatic rings. The van der Waals surface area contributed by atoms with Gasteiger partial charge in [-0.05, 0) is 46.5 Å². The Balaban J connectivity index is 1.81. The Morgan fingerprint density at radius 3 is 2.81 bits per heavy atom. The molecule has 0 spiro atoms. The average molecular weight is 293 g/mol. The highest BCUT2D eigenvalue weighted by molar-refractivity contribution is 5.67. The number of amides is 1. The largest absolute Gasteiger partial charge is 0.444 e. The zero-order valence-corrected chi connectivity index (χ0v) is 13.6. The van der Waals surface area contributed by atoms with Gasteiger partial charge in [0.15, 0.2) is 0 Å². The van der Waals surface area contributed by atoms with Crippen LogP contribution in [0.4, 0.5) is 4.79 Å². The lowest BCUT2D eigenvalue weighted by Gasteiger charge is -2.33. The third-order valence-corrected chi connectivity index (χ3v) is 4.07. The molecule has 1 aliphatic rings. The Morgan fingerprint density at radius 2 is 2.24 bits per heavy atom. The maximum absolute atomic E-state index is 11.6. The molecule has 1 N–H and O–H groups in total. The summed E-state index contributed by atoms with van der Waals surface area (Å²) in [5, 5.41) is 2.80. The van der Waals surface area contributed by atoms with Gasteiger partial charge < -0.3 is 14.6 Å². The highest BCUT2D eigenvalue weighted by atomic mass is 16.6. The van der Waals surface area contributed by atoms with Crippen LogP contribution in [-0.4, -0.2) is 27.8 Å². The third kappa shape index (κ3) is 4.48. The monoisotopic (exact) mass is 293 g/mol. The first-order chi connectivity index (χ1) is 9.87. The van der Waals surface area contributed by atoms with Gasteiger partial charge >= 0.3 is 6.09 Å². The summed E-state index contributed by atoms with van der Waals surface area (Å²) in [6.45, 7) is 8.42. The van der Waals surface area contributed by atoms with Gasteiger partial charge in [0.2, 0.25) is 0 Å². The molecule has 1 aromatic heterocycles. The number of carbonyl (C=O) groups is 1. The number of ether oxygens (including phenoxy) is 1. The van der Waals surface area contributed by atoms with Gasteiger partial charge in [0.05, 0.1) is 6.33 Å². The molecule has 1 saturated carbocycles. The van der Waals surface area contributed by atoms with E-state index >= 15 is 0 Å². The lowest BCUT2D eigenvalue weighted by atomic mass is 9.80. The van der Waals surface area contributed by atoms with E-state index in [0.717, 1.165) is 12.3 Å². The molecular formula is C16H27N3O2. The van der Waals surface area contributed by atoms with Crippen LogP contribution in [0.5, 0.6) is 0 Å². The molecule has 1 atom stereocenters. The Morgan fingerprint density at radius 1 is 1.52 bits per heavy atom. The summed E-state index contributed by atoms with van der Waals surface area (Å²) in [6.07, 6.45) is 8.19. The number of rotatable bonds is 5. The van der Waals surface area contributed by atoms with Crippen LogP contribution in [0.2, 0.25) is 0 Å². The number of nitrogens with zero attached hydrogens (tertiary/aromatic N) is 2. The van der Waals surface area contributed by atoms with Crippen LogP contribution in [0.25, 0.3) is 0 Å². The van der Waals surface area contributed by atoms with Crippen LogP contribution in [0.3, 0.4) is 0 Å². The van der Waals surface area contributed by atoms with Gasteiger partial charge in [0.1, 0.15) is 5.60 Å². The van der Waals surface area contributed by atoms with E-state index in [0.29, 0.717) is 12.6 Å². The maximum Gasteiger partial charge on any atom is 0.407 e. The fraction of sp³-hybridized carbons (Fsp3) is 0.750. The van der Waals surface area contributed by atoms with Gasteiger partial charge in [-0.15, -0.1) is 0 Å². The highest BCUT2D eigenvalue weighted by Crippen LogP contribution is 2.36. The van der Waals surface area contributed by atoms with Crippen molar-refractivity contribution < 1.29 is 9.53 Å². The van der Waals surface area contributed by atoms with Gasteiger partial charge in [-0.1, -0.05) is 6.42 Å². The summed E-state index contributed by atoms with van der Waals surface area (Å²) in [5.74, 6) is 0.775. The average Bonchev–Trinajstić information content (AvgIpc) is 2.72. The number of alkyl carbamates (subject to hydrolysis) is 1. The minimum Gasteiger partial charge on any atom is -0.444 e. The second-order valence-corrected chi connectivity index (χ2v) is 6.90. The molecule has 0 radical (unpaired) electrons. The number of imidazole rings is 1. The van der Waals surface area contributed by atoms with Gasteiger partial charge in [-0.25, -0.2) is 9.78 Å². The molecule has 2 rings (SSSR count). The second kappa shape index (κ2) is 6.50. The fourth-order valence-corrected chi connectivity index (χ4v) is 2.65. The normalized spacial score (nSPS) is 17.1. The van der Waals surface area contributed by atoms with E-state index in [4.69, 9.17) is 4.74 Å². The van der Waals surface area contributed by atoms with E-state index in [2.05, 4.69) is 21.8 Å². The number of carbonyl (C=O) groups excluding carboxylic acids is 1. The van der Waals surface area contributed by atoms with Gasteiger partial charge in [-0.3, -0.25) is 0 Å². The lowest BCUT2D eigenvalue weighted by molar-refractivity contribution is 0.0528. The van der Waals surface area contributed by atoms with Crippen molar-refractivity contribution in [1.29, 1.82) is 0 Å². The molecule has 1 aliphatic carbocycles.